The first-order valence-corrected chi connectivity index (χ1v) is 8.22. The third-order valence-corrected chi connectivity index (χ3v) is 4.29. The van der Waals surface area contributed by atoms with E-state index >= 15 is 0 Å². The summed E-state index contributed by atoms with van der Waals surface area (Å²) in [6.45, 7) is 0.653. The van der Waals surface area contributed by atoms with Crippen LogP contribution in [0.2, 0.25) is 0 Å². The molecule has 24 heavy (non-hydrogen) atoms. The van der Waals surface area contributed by atoms with E-state index < -0.39 is 17.2 Å². The van der Waals surface area contributed by atoms with Crippen LogP contribution in [0, 0.1) is 0 Å². The number of benzene rings is 2. The Labute approximate surface area is 145 Å². The summed E-state index contributed by atoms with van der Waals surface area (Å²) in [5, 5.41) is -0.989. The quantitative estimate of drug-likeness (QED) is 0.620. The minimum atomic E-state index is -0.989. The van der Waals surface area contributed by atoms with E-state index in [9.17, 15) is 9.59 Å². The van der Waals surface area contributed by atoms with Crippen LogP contribution >= 0.6 is 11.6 Å². The van der Waals surface area contributed by atoms with Crippen molar-refractivity contribution in [2.45, 2.75) is 18.3 Å². The monoisotopic (exact) mass is 340 g/mol. The number of likely N-dealkylation sites (tertiary alicyclic amines) is 1. The Morgan fingerprint density at radius 1 is 0.917 bits per heavy atom. The predicted octanol–water partition coefficient (Wildman–Crippen LogP) is 2.85. The van der Waals surface area contributed by atoms with E-state index in [-0.39, 0.29) is 12.3 Å². The van der Waals surface area contributed by atoms with E-state index in [1.807, 2.05) is 60.7 Å². The van der Waals surface area contributed by atoms with Crippen molar-refractivity contribution in [3.8, 4) is 0 Å². The topological polar surface area (TPSA) is 49.7 Å². The Morgan fingerprint density at radius 2 is 1.50 bits per heavy atom. The molecule has 0 aliphatic carbocycles. The summed E-state index contributed by atoms with van der Waals surface area (Å²) in [5.41, 5.74) is 2.16. The van der Waals surface area contributed by atoms with Crippen molar-refractivity contribution in [1.29, 1.82) is 0 Å². The van der Waals surface area contributed by atoms with Crippen LogP contribution in [0.25, 0.3) is 0 Å². The zero-order valence-electron chi connectivity index (χ0n) is 13.1. The molecule has 0 aromatic heterocycles. The molecule has 3 rings (SSSR count). The number of imide groups is 1. The number of hydrogen-bond acceptors (Lipinski definition) is 3. The molecule has 1 saturated heterocycles. The average molecular weight is 341 g/mol. The highest BCUT2D eigenvalue weighted by atomic mass is 35.5. The number of carbonyl (C=O) groups excluding carboxylic acids is 2. The fourth-order valence-corrected chi connectivity index (χ4v) is 2.89. The maximum atomic E-state index is 12.5. The third-order valence-electron chi connectivity index (χ3n) is 3.90. The van der Waals surface area contributed by atoms with E-state index in [0.717, 1.165) is 11.1 Å². The van der Waals surface area contributed by atoms with E-state index in [0.29, 0.717) is 13.0 Å². The normalized spacial score (nSPS) is 19.3. The smallest absolute Gasteiger partial charge is 0.276 e. The van der Waals surface area contributed by atoms with Gasteiger partial charge in [-0.1, -0.05) is 60.7 Å². The van der Waals surface area contributed by atoms with E-state index in [4.69, 9.17) is 11.6 Å². The number of alkyl halides is 1. The van der Waals surface area contributed by atoms with Gasteiger partial charge in [-0.05, 0) is 17.5 Å². The molecule has 4 nitrogen and oxygen atoms in total. The predicted molar refractivity (Wildman–Crippen MR) is 94.1 cm³/mol. The Kier molecular flexibility index (Phi) is 5.06. The van der Waals surface area contributed by atoms with Crippen LogP contribution in [0.1, 0.15) is 11.1 Å². The summed E-state index contributed by atoms with van der Waals surface area (Å²) < 4.78 is 0. The number of rotatable bonds is 5. The van der Waals surface area contributed by atoms with Gasteiger partial charge in [0, 0.05) is 6.54 Å². The highest BCUT2D eigenvalue weighted by Crippen LogP contribution is 2.19. The van der Waals surface area contributed by atoms with Gasteiger partial charge in [-0.15, -0.1) is 11.6 Å². The molecule has 0 bridgehead atoms. The molecule has 1 unspecified atom stereocenters. The van der Waals surface area contributed by atoms with Gasteiger partial charge in [0.05, 0.1) is 6.54 Å². The van der Waals surface area contributed by atoms with E-state index in [1.54, 1.807) is 0 Å². The van der Waals surface area contributed by atoms with Crippen LogP contribution in [0.3, 0.4) is 0 Å². The highest BCUT2D eigenvalue weighted by Gasteiger charge is 2.43. The molecule has 122 valence electrons. The van der Waals surface area contributed by atoms with Gasteiger partial charge < -0.3 is 0 Å². The zero-order valence-corrected chi connectivity index (χ0v) is 13.8. The lowest BCUT2D eigenvalue weighted by Crippen LogP contribution is -2.30. The number of halogens is 1. The third kappa shape index (κ3) is 3.54. The van der Waals surface area contributed by atoms with Crippen molar-refractivity contribution in [3.63, 3.8) is 0 Å². The van der Waals surface area contributed by atoms with E-state index in [1.165, 1.54) is 4.90 Å². The fraction of sp³-hybridized carbons (Fsp3) is 0.211. The minimum Gasteiger partial charge on any atom is -0.282 e. The lowest BCUT2D eigenvalue weighted by atomic mass is 10.1. The highest BCUT2D eigenvalue weighted by molar-refractivity contribution is 6.63. The van der Waals surface area contributed by atoms with Crippen LogP contribution in [0.4, 0.5) is 0 Å². The first kappa shape index (κ1) is 16.4. The second-order valence-electron chi connectivity index (χ2n) is 5.58. The second kappa shape index (κ2) is 7.41. The Balaban J connectivity index is 1.69. The SMILES string of the molecule is O=C1C(=NCCc2ccccc2)C(Cl)C(=O)N1Cc1ccccc1. The molecule has 1 aliphatic rings. The van der Waals surface area contributed by atoms with Gasteiger partial charge in [-0.3, -0.25) is 19.5 Å². The van der Waals surface area contributed by atoms with Gasteiger partial charge in [0.25, 0.3) is 11.8 Å². The lowest BCUT2D eigenvalue weighted by molar-refractivity contribution is -0.137. The van der Waals surface area contributed by atoms with Crippen LogP contribution in [-0.4, -0.2) is 34.3 Å². The summed E-state index contributed by atoms with van der Waals surface area (Å²) in [6, 6.07) is 19.2. The zero-order chi connectivity index (χ0) is 16.9. The Bertz CT molecular complexity index is 759. The Hall–Kier alpha value is -2.46. The van der Waals surface area contributed by atoms with Crippen molar-refractivity contribution in [2.24, 2.45) is 4.99 Å². The molecular formula is C19H17ClN2O2. The largest absolute Gasteiger partial charge is 0.282 e. The van der Waals surface area contributed by atoms with Gasteiger partial charge >= 0.3 is 0 Å². The minimum absolute atomic E-state index is 0.147. The molecule has 1 aliphatic heterocycles. The number of amides is 2. The standard InChI is InChI=1S/C19H17ClN2O2/c20-16-17(21-12-11-14-7-3-1-4-8-14)19(24)22(18(16)23)13-15-9-5-2-6-10-15/h1-10,16H,11-13H2. The summed E-state index contributed by atoms with van der Waals surface area (Å²) in [6.07, 6.45) is 0.702. The summed E-state index contributed by atoms with van der Waals surface area (Å²) in [7, 11) is 0. The molecule has 0 saturated carbocycles. The van der Waals surface area contributed by atoms with Crippen LogP contribution < -0.4 is 0 Å². The number of hydrogen-bond donors (Lipinski definition) is 0. The molecule has 0 radical (unpaired) electrons. The lowest BCUT2D eigenvalue weighted by Gasteiger charge is -2.12. The number of carbonyl (C=O) groups is 2. The van der Waals surface area contributed by atoms with Crippen molar-refractivity contribution < 1.29 is 9.59 Å². The first-order valence-electron chi connectivity index (χ1n) is 7.79. The molecule has 1 heterocycles. The Morgan fingerprint density at radius 3 is 2.12 bits per heavy atom. The van der Waals surface area contributed by atoms with Gasteiger partial charge in [0.1, 0.15) is 5.71 Å². The maximum absolute atomic E-state index is 12.5. The molecule has 1 atom stereocenters. The maximum Gasteiger partial charge on any atom is 0.276 e. The molecule has 5 heteroatoms. The molecule has 2 aromatic rings. The van der Waals surface area contributed by atoms with Gasteiger partial charge in [0.15, 0.2) is 5.38 Å². The van der Waals surface area contributed by atoms with Crippen molar-refractivity contribution in [3.05, 3.63) is 71.8 Å². The van der Waals surface area contributed by atoms with Crippen molar-refractivity contribution >= 4 is 29.1 Å². The molecule has 2 aromatic carbocycles. The molecule has 0 N–H and O–H groups in total. The molecular weight excluding hydrogens is 324 g/mol. The number of aliphatic imine (C=N–C) groups is 1. The number of nitrogens with zero attached hydrogens (tertiary/aromatic N) is 2. The van der Waals surface area contributed by atoms with E-state index in [2.05, 4.69) is 4.99 Å². The summed E-state index contributed by atoms with van der Waals surface area (Å²) >= 11 is 6.12. The van der Waals surface area contributed by atoms with Gasteiger partial charge in [-0.2, -0.15) is 0 Å². The molecule has 1 fully saturated rings. The van der Waals surface area contributed by atoms with Crippen molar-refractivity contribution in [1.82, 2.24) is 4.90 Å². The van der Waals surface area contributed by atoms with Crippen LogP contribution in [0.5, 0.6) is 0 Å². The summed E-state index contributed by atoms with van der Waals surface area (Å²) in [4.78, 5) is 30.2. The van der Waals surface area contributed by atoms with Crippen molar-refractivity contribution in [2.75, 3.05) is 6.54 Å². The fourth-order valence-electron chi connectivity index (χ4n) is 2.61. The van der Waals surface area contributed by atoms with Gasteiger partial charge in [-0.25, -0.2) is 0 Å². The van der Waals surface area contributed by atoms with Crippen LogP contribution in [0.15, 0.2) is 65.7 Å². The molecule has 2 amide bonds. The average Bonchev–Trinajstić information content (AvgIpc) is 2.81. The van der Waals surface area contributed by atoms with Crippen LogP contribution in [-0.2, 0) is 22.6 Å². The van der Waals surface area contributed by atoms with Gasteiger partial charge in [0.2, 0.25) is 0 Å². The second-order valence-corrected chi connectivity index (χ2v) is 6.02. The molecule has 0 spiro atoms. The first-order chi connectivity index (χ1) is 11.7. The summed E-state index contributed by atoms with van der Waals surface area (Å²) in [5.74, 6) is -0.791.